The number of rotatable bonds is 1. The van der Waals surface area contributed by atoms with Crippen LogP contribution in [0.1, 0.15) is 23.7 Å². The Bertz CT molecular complexity index is 869. The first-order chi connectivity index (χ1) is 12.3. The Labute approximate surface area is 146 Å². The number of nitrogens with zero attached hydrogens (tertiary/aromatic N) is 1. The Morgan fingerprint density at radius 2 is 2.24 bits per heavy atom. The second kappa shape index (κ2) is 5.63. The minimum Gasteiger partial charge on any atom is -0.493 e. The standard InChI is InChI=1S/C20H21N2O3/c1-24-20(23)16-11-25-10-12-9-22-7-6-14-13-4-2-3-5-17(13)21-19(14)18(22)8-15(12)16/h2-5,10-12,15,18,21H,6-9H2,1H3/t12-,15+,18+/m1/s1. The number of piperidine rings is 1. The van der Waals surface area contributed by atoms with Gasteiger partial charge in [-0.25, -0.2) is 4.79 Å². The Morgan fingerprint density at radius 3 is 3.12 bits per heavy atom. The van der Waals surface area contributed by atoms with Crippen molar-refractivity contribution < 1.29 is 14.3 Å². The molecule has 0 aliphatic carbocycles. The minimum absolute atomic E-state index is 0.153. The number of fused-ring (bicyclic) bond motifs is 6. The molecule has 5 nitrogen and oxygen atoms in total. The van der Waals surface area contributed by atoms with Crippen LogP contribution in [0.15, 0.2) is 36.1 Å². The normalized spacial score (nSPS) is 28.4. The van der Waals surface area contributed by atoms with Crippen molar-refractivity contribution >= 4 is 16.9 Å². The molecule has 3 atom stereocenters. The Balaban J connectivity index is 1.54. The van der Waals surface area contributed by atoms with Crippen molar-refractivity contribution in [1.29, 1.82) is 0 Å². The molecule has 25 heavy (non-hydrogen) atoms. The van der Waals surface area contributed by atoms with Crippen LogP contribution >= 0.6 is 0 Å². The Morgan fingerprint density at radius 1 is 1.36 bits per heavy atom. The first-order valence-corrected chi connectivity index (χ1v) is 8.87. The first-order valence-electron chi connectivity index (χ1n) is 8.87. The van der Waals surface area contributed by atoms with E-state index >= 15 is 0 Å². The predicted octanol–water partition coefficient (Wildman–Crippen LogP) is 2.95. The van der Waals surface area contributed by atoms with Crippen molar-refractivity contribution in [2.24, 2.45) is 11.8 Å². The smallest absolute Gasteiger partial charge is 0.337 e. The Hall–Kier alpha value is -2.27. The topological polar surface area (TPSA) is 54.6 Å². The zero-order valence-corrected chi connectivity index (χ0v) is 14.2. The summed E-state index contributed by atoms with van der Waals surface area (Å²) in [5.74, 6) is 0.116. The van der Waals surface area contributed by atoms with E-state index in [1.807, 2.05) is 6.61 Å². The molecule has 1 N–H and O–H groups in total. The number of hydrogen-bond acceptors (Lipinski definition) is 4. The van der Waals surface area contributed by atoms with Crippen LogP contribution in [-0.2, 0) is 20.7 Å². The number of carbonyl (C=O) groups excluding carboxylic acids is 1. The van der Waals surface area contributed by atoms with E-state index < -0.39 is 0 Å². The fraction of sp³-hybridized carbons (Fsp3) is 0.400. The number of aromatic amines is 1. The van der Waals surface area contributed by atoms with Gasteiger partial charge in [-0.2, -0.15) is 0 Å². The summed E-state index contributed by atoms with van der Waals surface area (Å²) in [6.07, 6.45) is 3.54. The van der Waals surface area contributed by atoms with Crippen molar-refractivity contribution in [2.75, 3.05) is 20.2 Å². The second-order valence-electron chi connectivity index (χ2n) is 7.17. The molecule has 5 heteroatoms. The molecular formula is C20H21N2O3. The monoisotopic (exact) mass is 337 g/mol. The molecule has 0 unspecified atom stereocenters. The molecule has 0 saturated carbocycles. The number of ether oxygens (including phenoxy) is 2. The van der Waals surface area contributed by atoms with E-state index in [4.69, 9.17) is 9.47 Å². The predicted molar refractivity (Wildman–Crippen MR) is 93.4 cm³/mol. The van der Waals surface area contributed by atoms with Gasteiger partial charge in [0, 0.05) is 41.5 Å². The van der Waals surface area contributed by atoms with Crippen molar-refractivity contribution in [3.8, 4) is 0 Å². The van der Waals surface area contributed by atoms with Gasteiger partial charge in [-0.1, -0.05) is 18.2 Å². The lowest BCUT2D eigenvalue weighted by molar-refractivity contribution is -0.138. The van der Waals surface area contributed by atoms with Crippen LogP contribution in [0, 0.1) is 18.4 Å². The van der Waals surface area contributed by atoms with E-state index in [0.29, 0.717) is 11.6 Å². The van der Waals surface area contributed by atoms with E-state index in [2.05, 4.69) is 34.1 Å². The summed E-state index contributed by atoms with van der Waals surface area (Å²) < 4.78 is 10.4. The molecule has 0 amide bonds. The number of benzene rings is 1. The number of H-pyrrole nitrogens is 1. The molecule has 3 aliphatic heterocycles. The highest BCUT2D eigenvalue weighted by molar-refractivity contribution is 5.89. The van der Waals surface area contributed by atoms with Crippen molar-refractivity contribution in [2.45, 2.75) is 18.9 Å². The van der Waals surface area contributed by atoms with Crippen molar-refractivity contribution in [3.05, 3.63) is 54.0 Å². The van der Waals surface area contributed by atoms with Gasteiger partial charge in [-0.15, -0.1) is 0 Å². The summed E-state index contributed by atoms with van der Waals surface area (Å²) in [5, 5.41) is 1.33. The lowest BCUT2D eigenvalue weighted by Gasteiger charge is -2.47. The average Bonchev–Trinajstić information content (AvgIpc) is 3.04. The molecule has 5 rings (SSSR count). The molecule has 129 valence electrons. The fourth-order valence-electron chi connectivity index (χ4n) is 4.78. The summed E-state index contributed by atoms with van der Waals surface area (Å²) in [4.78, 5) is 18.3. The highest BCUT2D eigenvalue weighted by Crippen LogP contribution is 2.46. The molecule has 0 spiro atoms. The molecule has 1 saturated heterocycles. The van der Waals surface area contributed by atoms with E-state index in [-0.39, 0.29) is 17.8 Å². The molecule has 1 radical (unpaired) electrons. The molecule has 2 aromatic rings. The van der Waals surface area contributed by atoms with Crippen molar-refractivity contribution in [1.82, 2.24) is 9.88 Å². The quantitative estimate of drug-likeness (QED) is 0.813. The molecule has 0 bridgehead atoms. The largest absolute Gasteiger partial charge is 0.493 e. The van der Waals surface area contributed by atoms with Crippen LogP contribution in [0.2, 0.25) is 0 Å². The summed E-state index contributed by atoms with van der Waals surface area (Å²) in [5.41, 5.74) is 4.63. The number of hydrogen-bond donors (Lipinski definition) is 1. The van der Waals surface area contributed by atoms with Gasteiger partial charge in [0.2, 0.25) is 0 Å². The molecule has 1 fully saturated rings. The van der Waals surface area contributed by atoms with Gasteiger partial charge >= 0.3 is 5.97 Å². The van der Waals surface area contributed by atoms with Crippen LogP contribution in [-0.4, -0.2) is 36.1 Å². The summed E-state index contributed by atoms with van der Waals surface area (Å²) in [7, 11) is 1.43. The maximum absolute atomic E-state index is 12.2. The van der Waals surface area contributed by atoms with E-state index in [0.717, 1.165) is 25.9 Å². The van der Waals surface area contributed by atoms with E-state index in [1.54, 1.807) is 6.26 Å². The van der Waals surface area contributed by atoms with E-state index in [9.17, 15) is 4.79 Å². The van der Waals surface area contributed by atoms with Crippen molar-refractivity contribution in [3.63, 3.8) is 0 Å². The maximum atomic E-state index is 12.2. The minimum atomic E-state index is -0.274. The van der Waals surface area contributed by atoms with Gasteiger partial charge < -0.3 is 14.5 Å². The summed E-state index contributed by atoms with van der Waals surface area (Å²) >= 11 is 0. The number of para-hydroxylation sites is 1. The molecule has 3 aliphatic rings. The zero-order chi connectivity index (χ0) is 17.0. The third kappa shape index (κ3) is 2.22. The van der Waals surface area contributed by atoms with Gasteiger partial charge in [-0.05, 0) is 24.5 Å². The SMILES string of the molecule is COC(=O)C1=CO[CH][C@H]2CN3CCc4c([nH]c5ccccc45)[C@@H]3C[C@H]12. The van der Waals surface area contributed by atoms with Crippen LogP contribution in [0.3, 0.4) is 0 Å². The number of methoxy groups -OCH3 is 1. The third-order valence-corrected chi connectivity index (χ3v) is 5.98. The summed E-state index contributed by atoms with van der Waals surface area (Å²) in [6.45, 7) is 3.85. The average molecular weight is 337 g/mol. The lowest BCUT2D eigenvalue weighted by Crippen LogP contribution is -2.48. The summed E-state index contributed by atoms with van der Waals surface area (Å²) in [6, 6.07) is 8.84. The van der Waals surface area contributed by atoms with Crippen LogP contribution < -0.4 is 0 Å². The maximum Gasteiger partial charge on any atom is 0.337 e. The Kier molecular flexibility index (Phi) is 3.38. The number of nitrogens with one attached hydrogen (secondary N) is 1. The van der Waals surface area contributed by atoms with Gasteiger partial charge in [-0.3, -0.25) is 4.90 Å². The van der Waals surface area contributed by atoms with Gasteiger partial charge in [0.15, 0.2) is 0 Å². The first kappa shape index (κ1) is 15.0. The van der Waals surface area contributed by atoms with E-state index in [1.165, 1.54) is 29.3 Å². The number of carbonyl (C=O) groups is 1. The van der Waals surface area contributed by atoms with Crippen LogP contribution in [0.4, 0.5) is 0 Å². The molecule has 1 aromatic carbocycles. The fourth-order valence-corrected chi connectivity index (χ4v) is 4.78. The number of aromatic nitrogens is 1. The van der Waals surface area contributed by atoms with Gasteiger partial charge in [0.1, 0.15) is 6.61 Å². The molecule has 1 aromatic heterocycles. The third-order valence-electron chi connectivity index (χ3n) is 5.98. The van der Waals surface area contributed by atoms with Crippen LogP contribution in [0.5, 0.6) is 0 Å². The molecular weight excluding hydrogens is 316 g/mol. The number of esters is 1. The molecule has 4 heterocycles. The lowest BCUT2D eigenvalue weighted by atomic mass is 9.74. The zero-order valence-electron chi connectivity index (χ0n) is 14.2. The van der Waals surface area contributed by atoms with Gasteiger partial charge in [0.05, 0.1) is 25.0 Å². The highest BCUT2D eigenvalue weighted by Gasteiger charge is 2.44. The van der Waals surface area contributed by atoms with Gasteiger partial charge in [0.25, 0.3) is 0 Å². The highest BCUT2D eigenvalue weighted by atomic mass is 16.5. The second-order valence-corrected chi connectivity index (χ2v) is 7.17. The van der Waals surface area contributed by atoms with Crippen LogP contribution in [0.25, 0.3) is 10.9 Å².